The van der Waals surface area contributed by atoms with Crippen LogP contribution < -0.4 is 0 Å². The van der Waals surface area contributed by atoms with Crippen LogP contribution in [0.1, 0.15) is 272 Å². The van der Waals surface area contributed by atoms with Crippen LogP contribution in [0, 0.1) is 5.92 Å². The molecule has 55 heavy (non-hydrogen) atoms. The Morgan fingerprint density at radius 1 is 0.345 bits per heavy atom. The Morgan fingerprint density at radius 3 is 0.891 bits per heavy atom. The molecule has 0 aromatic heterocycles. The van der Waals surface area contributed by atoms with Crippen molar-refractivity contribution in [1.29, 1.82) is 0 Å². The van der Waals surface area contributed by atoms with Crippen molar-refractivity contribution < 1.29 is 28.6 Å². The van der Waals surface area contributed by atoms with Crippen LogP contribution in [-0.4, -0.2) is 37.2 Å². The van der Waals surface area contributed by atoms with Gasteiger partial charge in [0.05, 0.1) is 0 Å². The highest BCUT2D eigenvalue weighted by Gasteiger charge is 2.19. The average Bonchev–Trinajstić information content (AvgIpc) is 3.17. The molecule has 0 aliphatic carbocycles. The Morgan fingerprint density at radius 2 is 0.600 bits per heavy atom. The van der Waals surface area contributed by atoms with Crippen LogP contribution in [0.25, 0.3) is 0 Å². The second kappa shape index (κ2) is 43.5. The SMILES string of the molecule is CCCCCCCCCCCCCCCCCC(=O)OC[C@H](COC(=O)CCCCCCC)OC(=O)CCCCCCCCCCCCCCCCC(C)C. The first-order valence-corrected chi connectivity index (χ1v) is 24.4. The normalized spacial score (nSPS) is 11.9. The Bertz CT molecular complexity index is 826. The number of carbonyl (C=O) groups is 3. The predicted molar refractivity (Wildman–Crippen MR) is 233 cm³/mol. The van der Waals surface area contributed by atoms with Crippen molar-refractivity contribution in [3.63, 3.8) is 0 Å². The fourth-order valence-corrected chi connectivity index (χ4v) is 7.33. The van der Waals surface area contributed by atoms with Gasteiger partial charge in [-0.2, -0.15) is 0 Å². The molecule has 0 saturated heterocycles. The zero-order chi connectivity index (χ0) is 40.3. The summed E-state index contributed by atoms with van der Waals surface area (Å²) in [6.07, 6.45) is 44.0. The molecule has 0 amide bonds. The quantitative estimate of drug-likeness (QED) is 0.0348. The minimum atomic E-state index is -0.758. The standard InChI is InChI=1S/C49H94O6/c1-5-7-9-11-12-13-14-15-16-20-23-26-29-33-37-41-48(51)54-44-46(43-53-47(50)40-36-31-10-8-6-2)55-49(52)42-38-34-30-27-24-21-18-17-19-22-25-28-32-35-39-45(3)4/h45-46H,5-44H2,1-4H3/t46-/m0/s1. The maximum Gasteiger partial charge on any atom is 0.306 e. The van der Waals surface area contributed by atoms with Crippen LogP contribution in [0.15, 0.2) is 0 Å². The Kier molecular flexibility index (Phi) is 42.3. The molecule has 0 fully saturated rings. The van der Waals surface area contributed by atoms with Crippen molar-refractivity contribution in [3.8, 4) is 0 Å². The third-order valence-electron chi connectivity index (χ3n) is 11.0. The number of rotatable bonds is 44. The molecule has 1 atom stereocenters. The van der Waals surface area contributed by atoms with Crippen molar-refractivity contribution in [2.45, 2.75) is 278 Å². The minimum Gasteiger partial charge on any atom is -0.462 e. The van der Waals surface area contributed by atoms with Crippen LogP contribution in [0.5, 0.6) is 0 Å². The molecular weight excluding hydrogens is 685 g/mol. The topological polar surface area (TPSA) is 78.9 Å². The van der Waals surface area contributed by atoms with Gasteiger partial charge in [0.15, 0.2) is 6.10 Å². The van der Waals surface area contributed by atoms with Gasteiger partial charge in [0.1, 0.15) is 13.2 Å². The highest BCUT2D eigenvalue weighted by Crippen LogP contribution is 2.17. The van der Waals surface area contributed by atoms with Crippen LogP contribution >= 0.6 is 0 Å². The van der Waals surface area contributed by atoms with E-state index in [0.717, 1.165) is 70.1 Å². The lowest BCUT2D eigenvalue weighted by Gasteiger charge is -2.18. The summed E-state index contributed by atoms with van der Waals surface area (Å²) in [5, 5.41) is 0. The third kappa shape index (κ3) is 43.4. The zero-order valence-corrected chi connectivity index (χ0v) is 37.4. The number of esters is 3. The third-order valence-corrected chi connectivity index (χ3v) is 11.0. The van der Waals surface area contributed by atoms with Gasteiger partial charge >= 0.3 is 17.9 Å². The average molecular weight is 779 g/mol. The van der Waals surface area contributed by atoms with Crippen molar-refractivity contribution in [1.82, 2.24) is 0 Å². The lowest BCUT2D eigenvalue weighted by atomic mass is 10.0. The van der Waals surface area contributed by atoms with Gasteiger partial charge in [0.25, 0.3) is 0 Å². The molecule has 0 unspecified atom stereocenters. The minimum absolute atomic E-state index is 0.0641. The molecule has 6 heteroatoms. The molecule has 0 rings (SSSR count). The highest BCUT2D eigenvalue weighted by molar-refractivity contribution is 5.71. The molecule has 6 nitrogen and oxygen atoms in total. The summed E-state index contributed by atoms with van der Waals surface area (Å²) in [7, 11) is 0. The molecule has 0 aromatic rings. The van der Waals surface area contributed by atoms with E-state index in [0.29, 0.717) is 19.3 Å². The lowest BCUT2D eigenvalue weighted by Crippen LogP contribution is -2.30. The molecule has 0 radical (unpaired) electrons. The van der Waals surface area contributed by atoms with Gasteiger partial charge in [-0.15, -0.1) is 0 Å². The number of hydrogen-bond donors (Lipinski definition) is 0. The second-order valence-electron chi connectivity index (χ2n) is 17.2. The smallest absolute Gasteiger partial charge is 0.306 e. The van der Waals surface area contributed by atoms with Crippen molar-refractivity contribution in [2.24, 2.45) is 5.92 Å². The molecule has 0 aliphatic heterocycles. The summed E-state index contributed by atoms with van der Waals surface area (Å²) in [5.74, 6) is -0.0191. The summed E-state index contributed by atoms with van der Waals surface area (Å²) in [5.41, 5.74) is 0. The van der Waals surface area contributed by atoms with Crippen LogP contribution in [-0.2, 0) is 28.6 Å². The molecule has 326 valence electrons. The van der Waals surface area contributed by atoms with E-state index in [4.69, 9.17) is 14.2 Å². The van der Waals surface area contributed by atoms with Gasteiger partial charge in [-0.3, -0.25) is 14.4 Å². The summed E-state index contributed by atoms with van der Waals surface area (Å²) < 4.78 is 16.7. The molecule has 0 spiro atoms. The molecule has 0 aliphatic rings. The number of hydrogen-bond acceptors (Lipinski definition) is 6. The first-order valence-electron chi connectivity index (χ1n) is 24.4. The highest BCUT2D eigenvalue weighted by atomic mass is 16.6. The first kappa shape index (κ1) is 53.4. The summed E-state index contributed by atoms with van der Waals surface area (Å²) in [4.78, 5) is 37.6. The fourth-order valence-electron chi connectivity index (χ4n) is 7.33. The number of unbranched alkanes of at least 4 members (excludes halogenated alkanes) is 31. The Balaban J connectivity index is 4.14. The second-order valence-corrected chi connectivity index (χ2v) is 17.2. The summed E-state index contributed by atoms with van der Waals surface area (Å²) in [6, 6.07) is 0. The van der Waals surface area contributed by atoms with E-state index in [1.807, 2.05) is 0 Å². The van der Waals surface area contributed by atoms with E-state index < -0.39 is 6.10 Å². The van der Waals surface area contributed by atoms with E-state index in [1.54, 1.807) is 0 Å². The van der Waals surface area contributed by atoms with Gasteiger partial charge < -0.3 is 14.2 Å². The van der Waals surface area contributed by atoms with Crippen LogP contribution in [0.2, 0.25) is 0 Å². The maximum absolute atomic E-state index is 12.7. The van der Waals surface area contributed by atoms with Gasteiger partial charge in [-0.1, -0.05) is 233 Å². The lowest BCUT2D eigenvalue weighted by molar-refractivity contribution is -0.167. The monoisotopic (exact) mass is 779 g/mol. The van der Waals surface area contributed by atoms with Gasteiger partial charge in [0.2, 0.25) is 0 Å². The summed E-state index contributed by atoms with van der Waals surface area (Å²) in [6.45, 7) is 8.95. The van der Waals surface area contributed by atoms with E-state index in [1.165, 1.54) is 161 Å². The van der Waals surface area contributed by atoms with Gasteiger partial charge in [-0.05, 0) is 25.2 Å². The van der Waals surface area contributed by atoms with Crippen molar-refractivity contribution in [3.05, 3.63) is 0 Å². The van der Waals surface area contributed by atoms with E-state index in [2.05, 4.69) is 27.7 Å². The van der Waals surface area contributed by atoms with E-state index in [-0.39, 0.29) is 31.1 Å². The molecule has 0 aromatic carbocycles. The molecule has 0 bridgehead atoms. The maximum atomic E-state index is 12.7. The number of ether oxygens (including phenoxy) is 3. The largest absolute Gasteiger partial charge is 0.462 e. The summed E-state index contributed by atoms with van der Waals surface area (Å²) >= 11 is 0. The predicted octanol–water partition coefficient (Wildman–Crippen LogP) is 15.5. The van der Waals surface area contributed by atoms with Crippen LogP contribution in [0.3, 0.4) is 0 Å². The fraction of sp³-hybridized carbons (Fsp3) is 0.939. The zero-order valence-electron chi connectivity index (χ0n) is 37.4. The van der Waals surface area contributed by atoms with Crippen molar-refractivity contribution in [2.75, 3.05) is 13.2 Å². The molecule has 0 heterocycles. The van der Waals surface area contributed by atoms with E-state index in [9.17, 15) is 14.4 Å². The molecule has 0 saturated carbocycles. The van der Waals surface area contributed by atoms with Crippen molar-refractivity contribution >= 4 is 17.9 Å². The molecule has 0 N–H and O–H groups in total. The van der Waals surface area contributed by atoms with Gasteiger partial charge in [-0.25, -0.2) is 0 Å². The van der Waals surface area contributed by atoms with Crippen LogP contribution in [0.4, 0.5) is 0 Å². The Labute approximate surface area is 342 Å². The first-order chi connectivity index (χ1) is 26.9. The van der Waals surface area contributed by atoms with Gasteiger partial charge in [0, 0.05) is 19.3 Å². The number of carbonyl (C=O) groups excluding carboxylic acids is 3. The van der Waals surface area contributed by atoms with E-state index >= 15 is 0 Å². The Hall–Kier alpha value is -1.59. The molecular formula is C49H94O6.